The third-order valence-corrected chi connectivity index (χ3v) is 4.94. The summed E-state index contributed by atoms with van der Waals surface area (Å²) in [5, 5.41) is 2.83. The highest BCUT2D eigenvalue weighted by Gasteiger charge is 2.26. The first kappa shape index (κ1) is 17.5. The molecule has 2 heterocycles. The second kappa shape index (κ2) is 7.74. The van der Waals surface area contributed by atoms with Gasteiger partial charge in [0.25, 0.3) is 5.91 Å². The Morgan fingerprint density at radius 2 is 2.20 bits per heavy atom. The molecule has 0 fully saturated rings. The summed E-state index contributed by atoms with van der Waals surface area (Å²) in [6.45, 7) is 5.03. The van der Waals surface area contributed by atoms with Crippen molar-refractivity contribution in [2.24, 2.45) is 5.92 Å². The van der Waals surface area contributed by atoms with Gasteiger partial charge in [0, 0.05) is 11.4 Å². The first-order valence-electron chi connectivity index (χ1n) is 8.29. The van der Waals surface area contributed by atoms with Crippen LogP contribution in [0.25, 0.3) is 0 Å². The normalized spacial score (nSPS) is 13.9. The van der Waals surface area contributed by atoms with Crippen molar-refractivity contribution in [1.29, 1.82) is 0 Å². The zero-order valence-corrected chi connectivity index (χ0v) is 15.1. The van der Waals surface area contributed by atoms with Gasteiger partial charge in [-0.25, -0.2) is 4.98 Å². The van der Waals surface area contributed by atoms with Gasteiger partial charge in [0.15, 0.2) is 5.69 Å². The fourth-order valence-electron chi connectivity index (χ4n) is 2.52. The molecule has 7 heteroatoms. The van der Waals surface area contributed by atoms with Crippen LogP contribution in [0.1, 0.15) is 36.6 Å². The standard InChI is InChI=1S/C18H21N3O3S/c1-12(2)7-8-19-18(23)13-10-24-16(20-13)9-21-14-5-3-4-6-15(14)25-11-17(21)22/h3-6,10,12H,7-9,11H2,1-2H3,(H,19,23). The molecule has 0 saturated heterocycles. The number of nitrogens with one attached hydrogen (secondary N) is 1. The number of benzene rings is 1. The van der Waals surface area contributed by atoms with Gasteiger partial charge in [-0.05, 0) is 24.5 Å². The predicted molar refractivity (Wildman–Crippen MR) is 96.6 cm³/mol. The molecule has 0 saturated carbocycles. The molecule has 132 valence electrons. The Morgan fingerprint density at radius 1 is 1.40 bits per heavy atom. The molecule has 0 spiro atoms. The van der Waals surface area contributed by atoms with Crippen LogP contribution in [0.4, 0.5) is 5.69 Å². The molecule has 0 bridgehead atoms. The summed E-state index contributed by atoms with van der Waals surface area (Å²) >= 11 is 1.53. The van der Waals surface area contributed by atoms with E-state index in [1.54, 1.807) is 4.90 Å². The first-order valence-corrected chi connectivity index (χ1v) is 9.28. The molecule has 1 aromatic carbocycles. The quantitative estimate of drug-likeness (QED) is 0.858. The van der Waals surface area contributed by atoms with Gasteiger partial charge in [-0.1, -0.05) is 26.0 Å². The lowest BCUT2D eigenvalue weighted by molar-refractivity contribution is -0.116. The van der Waals surface area contributed by atoms with Crippen LogP contribution in [-0.2, 0) is 11.3 Å². The molecule has 1 N–H and O–H groups in total. The molecule has 2 aromatic rings. The van der Waals surface area contributed by atoms with Gasteiger partial charge in [-0.3, -0.25) is 9.59 Å². The van der Waals surface area contributed by atoms with E-state index in [-0.39, 0.29) is 24.1 Å². The van der Waals surface area contributed by atoms with Gasteiger partial charge in [-0.15, -0.1) is 11.8 Å². The van der Waals surface area contributed by atoms with Crippen LogP contribution in [-0.4, -0.2) is 29.1 Å². The highest BCUT2D eigenvalue weighted by Crippen LogP contribution is 2.35. The second-order valence-electron chi connectivity index (χ2n) is 6.30. The fraction of sp³-hybridized carbons (Fsp3) is 0.389. The van der Waals surface area contributed by atoms with E-state index >= 15 is 0 Å². The molecule has 0 unspecified atom stereocenters. The number of anilines is 1. The molecule has 3 rings (SSSR count). The Kier molecular flexibility index (Phi) is 5.43. The predicted octanol–water partition coefficient (Wildman–Crippen LogP) is 3.09. The number of rotatable bonds is 6. The number of carbonyl (C=O) groups excluding carboxylic acids is 2. The summed E-state index contributed by atoms with van der Waals surface area (Å²) < 4.78 is 5.41. The van der Waals surface area contributed by atoms with Crippen LogP contribution >= 0.6 is 11.8 Å². The molecule has 1 aromatic heterocycles. The van der Waals surface area contributed by atoms with Crippen molar-refractivity contribution in [3.8, 4) is 0 Å². The average Bonchev–Trinajstić information content (AvgIpc) is 3.06. The Hall–Kier alpha value is -2.28. The van der Waals surface area contributed by atoms with Crippen LogP contribution in [0.5, 0.6) is 0 Å². The van der Waals surface area contributed by atoms with Crippen LogP contribution in [0.3, 0.4) is 0 Å². The van der Waals surface area contributed by atoms with Gasteiger partial charge in [0.05, 0.1) is 11.4 Å². The number of thioether (sulfide) groups is 1. The molecular formula is C18H21N3O3S. The van der Waals surface area contributed by atoms with E-state index in [4.69, 9.17) is 4.42 Å². The summed E-state index contributed by atoms with van der Waals surface area (Å²) in [4.78, 5) is 31.3. The Morgan fingerprint density at radius 3 is 3.00 bits per heavy atom. The number of para-hydroxylation sites is 1. The lowest BCUT2D eigenvalue weighted by atomic mass is 10.1. The van der Waals surface area contributed by atoms with Crippen LogP contribution in [0.2, 0.25) is 0 Å². The second-order valence-corrected chi connectivity index (χ2v) is 7.32. The van der Waals surface area contributed by atoms with Gasteiger partial charge in [-0.2, -0.15) is 0 Å². The van der Waals surface area contributed by atoms with Crippen LogP contribution in [0, 0.1) is 5.92 Å². The van der Waals surface area contributed by atoms with Crippen LogP contribution in [0.15, 0.2) is 39.8 Å². The molecule has 0 atom stereocenters. The third-order valence-electron chi connectivity index (χ3n) is 3.89. The fourth-order valence-corrected chi connectivity index (χ4v) is 3.45. The number of fused-ring (bicyclic) bond motifs is 1. The van der Waals surface area contributed by atoms with E-state index in [9.17, 15) is 9.59 Å². The maximum atomic E-state index is 12.3. The Labute approximate surface area is 151 Å². The van der Waals surface area contributed by atoms with Gasteiger partial charge in [0.2, 0.25) is 11.8 Å². The van der Waals surface area contributed by atoms with Crippen molar-refractivity contribution < 1.29 is 14.0 Å². The number of oxazole rings is 1. The monoisotopic (exact) mass is 359 g/mol. The van der Waals surface area contributed by atoms with E-state index in [1.165, 1.54) is 18.0 Å². The molecule has 2 amide bonds. The number of nitrogens with zero attached hydrogens (tertiary/aromatic N) is 2. The summed E-state index contributed by atoms with van der Waals surface area (Å²) in [5.41, 5.74) is 1.09. The number of aromatic nitrogens is 1. The SMILES string of the molecule is CC(C)CCNC(=O)c1coc(CN2C(=O)CSc3ccccc32)n1. The van der Waals surface area contributed by atoms with E-state index < -0.39 is 0 Å². The number of hydrogen-bond acceptors (Lipinski definition) is 5. The average molecular weight is 359 g/mol. The number of carbonyl (C=O) groups is 2. The topological polar surface area (TPSA) is 75.4 Å². The molecule has 6 nitrogen and oxygen atoms in total. The maximum Gasteiger partial charge on any atom is 0.273 e. The molecular weight excluding hydrogens is 338 g/mol. The minimum atomic E-state index is -0.253. The van der Waals surface area contributed by atoms with Crippen molar-refractivity contribution in [2.75, 3.05) is 17.2 Å². The van der Waals surface area contributed by atoms with E-state index in [0.29, 0.717) is 24.1 Å². The van der Waals surface area contributed by atoms with Crippen molar-refractivity contribution >= 4 is 29.3 Å². The zero-order valence-electron chi connectivity index (χ0n) is 14.3. The Bertz CT molecular complexity index is 772. The lowest BCUT2D eigenvalue weighted by Crippen LogP contribution is -2.34. The zero-order chi connectivity index (χ0) is 17.8. The third kappa shape index (κ3) is 4.22. The van der Waals surface area contributed by atoms with Crippen molar-refractivity contribution in [3.63, 3.8) is 0 Å². The molecule has 25 heavy (non-hydrogen) atoms. The van der Waals surface area contributed by atoms with E-state index in [0.717, 1.165) is 17.0 Å². The van der Waals surface area contributed by atoms with Crippen molar-refractivity contribution in [3.05, 3.63) is 42.1 Å². The van der Waals surface area contributed by atoms with Crippen molar-refractivity contribution in [2.45, 2.75) is 31.7 Å². The minimum absolute atomic E-state index is 0.00448. The molecule has 1 aliphatic rings. The minimum Gasteiger partial charge on any atom is -0.446 e. The molecule has 1 aliphatic heterocycles. The van der Waals surface area contributed by atoms with Crippen molar-refractivity contribution in [1.82, 2.24) is 10.3 Å². The smallest absolute Gasteiger partial charge is 0.273 e. The molecule has 0 radical (unpaired) electrons. The Balaban J connectivity index is 1.67. The summed E-state index contributed by atoms with van der Waals surface area (Å²) in [6, 6.07) is 7.74. The lowest BCUT2D eigenvalue weighted by Gasteiger charge is -2.27. The van der Waals surface area contributed by atoms with Crippen LogP contribution < -0.4 is 10.2 Å². The maximum absolute atomic E-state index is 12.3. The highest BCUT2D eigenvalue weighted by atomic mass is 32.2. The number of hydrogen-bond donors (Lipinski definition) is 1. The summed E-state index contributed by atoms with van der Waals surface area (Å²) in [5.74, 6) is 1.02. The highest BCUT2D eigenvalue weighted by molar-refractivity contribution is 8.00. The van der Waals surface area contributed by atoms with E-state index in [1.807, 2.05) is 24.3 Å². The van der Waals surface area contributed by atoms with Gasteiger partial charge >= 0.3 is 0 Å². The summed E-state index contributed by atoms with van der Waals surface area (Å²) in [6.07, 6.45) is 2.25. The van der Waals surface area contributed by atoms with Gasteiger partial charge < -0.3 is 14.6 Å². The number of amides is 2. The summed E-state index contributed by atoms with van der Waals surface area (Å²) in [7, 11) is 0. The van der Waals surface area contributed by atoms with E-state index in [2.05, 4.69) is 24.1 Å². The molecule has 0 aliphatic carbocycles. The first-order chi connectivity index (χ1) is 12.0. The van der Waals surface area contributed by atoms with Gasteiger partial charge in [0.1, 0.15) is 12.8 Å². The largest absolute Gasteiger partial charge is 0.446 e.